The van der Waals surface area contributed by atoms with Gasteiger partial charge in [-0.05, 0) is 22.6 Å². The number of hydrogen-bond acceptors (Lipinski definition) is 0. The van der Waals surface area contributed by atoms with Crippen LogP contribution in [0.4, 0.5) is 48.3 Å². The predicted molar refractivity (Wildman–Crippen MR) is 39.9 cm³/mol. The van der Waals surface area contributed by atoms with Crippen LogP contribution >= 0.6 is 22.6 Å². The molecule has 0 saturated heterocycles. The molecule has 0 aliphatic carbocycles. The first-order chi connectivity index (χ1) is 7.00. The second-order valence-electron chi connectivity index (χ2n) is 2.72. The van der Waals surface area contributed by atoms with E-state index >= 15 is 0 Å². The standard InChI is InChI=1S/C5F11I/c6-1(7,2(8,9)4(11,12)13)3(10,17)5(14,15)16. The van der Waals surface area contributed by atoms with Crippen LogP contribution in [0.25, 0.3) is 0 Å². The minimum absolute atomic E-state index is 0.831. The molecule has 0 N–H and O–H groups in total. The second-order valence-corrected chi connectivity index (χ2v) is 4.21. The third-order valence-electron chi connectivity index (χ3n) is 1.50. The molecule has 0 radical (unpaired) electrons. The Kier molecular flexibility index (Phi) is 3.97. The average molecular weight is 396 g/mol. The summed E-state index contributed by atoms with van der Waals surface area (Å²) in [7, 11) is 0. The Morgan fingerprint density at radius 2 is 0.765 bits per heavy atom. The molecule has 17 heavy (non-hydrogen) atoms. The summed E-state index contributed by atoms with van der Waals surface area (Å²) < 4.78 is 125. The van der Waals surface area contributed by atoms with E-state index in [-0.39, 0.29) is 0 Å². The van der Waals surface area contributed by atoms with Crippen LogP contribution in [0.1, 0.15) is 0 Å². The van der Waals surface area contributed by atoms with E-state index in [9.17, 15) is 48.3 Å². The fourth-order valence-electron chi connectivity index (χ4n) is 0.553. The van der Waals surface area contributed by atoms with Crippen LogP contribution in [-0.2, 0) is 0 Å². The van der Waals surface area contributed by atoms with Crippen LogP contribution in [0.15, 0.2) is 0 Å². The normalized spacial score (nSPS) is 19.1. The largest absolute Gasteiger partial charge is 0.460 e. The van der Waals surface area contributed by atoms with E-state index in [0.29, 0.717) is 0 Å². The van der Waals surface area contributed by atoms with Gasteiger partial charge in [0.1, 0.15) is 0 Å². The molecule has 0 saturated carbocycles. The summed E-state index contributed by atoms with van der Waals surface area (Å²) in [5.74, 6) is -14.2. The van der Waals surface area contributed by atoms with E-state index in [1.165, 1.54) is 0 Å². The number of halogens is 12. The lowest BCUT2D eigenvalue weighted by Crippen LogP contribution is -2.64. The van der Waals surface area contributed by atoms with Crippen molar-refractivity contribution in [2.45, 2.75) is 27.9 Å². The van der Waals surface area contributed by atoms with Crippen molar-refractivity contribution in [3.63, 3.8) is 0 Å². The van der Waals surface area contributed by atoms with Crippen LogP contribution in [0, 0.1) is 0 Å². The molecule has 0 nitrogen and oxygen atoms in total. The fraction of sp³-hybridized carbons (Fsp3) is 1.00. The second kappa shape index (κ2) is 3.98. The topological polar surface area (TPSA) is 0 Å². The maximum Gasteiger partial charge on any atom is 0.460 e. The molecule has 0 aromatic carbocycles. The molecule has 0 heterocycles. The van der Waals surface area contributed by atoms with E-state index in [1.807, 2.05) is 0 Å². The van der Waals surface area contributed by atoms with Gasteiger partial charge in [-0.1, -0.05) is 0 Å². The van der Waals surface area contributed by atoms with E-state index < -0.39 is 50.5 Å². The highest BCUT2D eigenvalue weighted by Gasteiger charge is 2.86. The third-order valence-corrected chi connectivity index (χ3v) is 2.79. The zero-order valence-electron chi connectivity index (χ0n) is 7.04. The van der Waals surface area contributed by atoms with Crippen molar-refractivity contribution in [2.24, 2.45) is 0 Å². The van der Waals surface area contributed by atoms with Crippen LogP contribution in [-0.4, -0.2) is 27.9 Å². The SMILES string of the molecule is FC(F)(F)C(F)(F)C(F)(F)C(F)(I)C(F)(F)F. The molecule has 0 rings (SSSR count). The molecule has 0 spiro atoms. The molecule has 0 bridgehead atoms. The summed E-state index contributed by atoms with van der Waals surface area (Å²) in [6, 6.07) is 0. The summed E-state index contributed by atoms with van der Waals surface area (Å²) in [4.78, 5) is 0. The van der Waals surface area contributed by atoms with Gasteiger partial charge in [-0.2, -0.15) is 43.9 Å². The van der Waals surface area contributed by atoms with Crippen molar-refractivity contribution in [1.29, 1.82) is 0 Å². The van der Waals surface area contributed by atoms with E-state index in [1.54, 1.807) is 0 Å². The molecule has 0 aliphatic rings. The van der Waals surface area contributed by atoms with Gasteiger partial charge in [0.05, 0.1) is 0 Å². The Morgan fingerprint density at radius 3 is 0.941 bits per heavy atom. The highest BCUT2D eigenvalue weighted by atomic mass is 127. The Labute approximate surface area is 99.3 Å². The Balaban J connectivity index is 5.73. The van der Waals surface area contributed by atoms with Crippen molar-refractivity contribution in [1.82, 2.24) is 0 Å². The molecular formula is C5F11I. The first kappa shape index (κ1) is 17.0. The van der Waals surface area contributed by atoms with Crippen molar-refractivity contribution in [3.8, 4) is 0 Å². The Hall–Kier alpha value is -0.0400. The predicted octanol–water partition coefficient (Wildman–Crippen LogP) is 4.48. The number of rotatable bonds is 2. The molecule has 0 fully saturated rings. The number of hydrogen-bond donors (Lipinski definition) is 0. The lowest BCUT2D eigenvalue weighted by atomic mass is 10.1. The maximum atomic E-state index is 12.5. The molecule has 0 aliphatic heterocycles. The summed E-state index contributed by atoms with van der Waals surface area (Å²) >= 11 is -0.831. The van der Waals surface area contributed by atoms with Gasteiger partial charge in [-0.25, -0.2) is 4.39 Å². The monoisotopic (exact) mass is 396 g/mol. The fourth-order valence-corrected chi connectivity index (χ4v) is 0.892. The molecule has 0 aromatic heterocycles. The minimum atomic E-state index is -7.16. The Morgan fingerprint density at radius 1 is 0.471 bits per heavy atom. The smallest absolute Gasteiger partial charge is 0.215 e. The molecule has 104 valence electrons. The Bertz CT molecular complexity index is 255. The summed E-state index contributed by atoms with van der Waals surface area (Å²) in [5, 5.41) is 0. The van der Waals surface area contributed by atoms with Gasteiger partial charge < -0.3 is 0 Å². The summed E-state index contributed by atoms with van der Waals surface area (Å²) in [6.45, 7) is 0. The van der Waals surface area contributed by atoms with Gasteiger partial charge in [0.25, 0.3) is 0 Å². The zero-order chi connectivity index (χ0) is 14.5. The van der Waals surface area contributed by atoms with Gasteiger partial charge in [-0.3, -0.25) is 0 Å². The van der Waals surface area contributed by atoms with E-state index in [0.717, 1.165) is 0 Å². The van der Waals surface area contributed by atoms with Crippen molar-refractivity contribution >= 4 is 22.6 Å². The first-order valence-corrected chi connectivity index (χ1v) is 4.35. The van der Waals surface area contributed by atoms with Crippen LogP contribution in [0.5, 0.6) is 0 Å². The van der Waals surface area contributed by atoms with Gasteiger partial charge in [0, 0.05) is 0 Å². The van der Waals surface area contributed by atoms with Gasteiger partial charge in [0.15, 0.2) is 0 Å². The van der Waals surface area contributed by atoms with Gasteiger partial charge >= 0.3 is 27.9 Å². The molecular weight excluding hydrogens is 396 g/mol. The molecule has 1 atom stereocenters. The molecule has 12 heteroatoms. The molecule has 0 aromatic rings. The lowest BCUT2D eigenvalue weighted by Gasteiger charge is -2.35. The van der Waals surface area contributed by atoms with E-state index in [4.69, 9.17) is 0 Å². The van der Waals surface area contributed by atoms with Gasteiger partial charge in [-0.15, -0.1) is 0 Å². The average Bonchev–Trinajstić information content (AvgIpc) is 1.98. The highest BCUT2D eigenvalue weighted by molar-refractivity contribution is 14.1. The molecule has 0 amide bonds. The van der Waals surface area contributed by atoms with Crippen LogP contribution < -0.4 is 0 Å². The quantitative estimate of drug-likeness (QED) is 0.367. The van der Waals surface area contributed by atoms with E-state index in [2.05, 4.69) is 0 Å². The maximum absolute atomic E-state index is 12.5. The summed E-state index contributed by atoms with van der Waals surface area (Å²) in [6.07, 6.45) is -13.6. The van der Waals surface area contributed by atoms with Crippen LogP contribution in [0.3, 0.4) is 0 Å². The van der Waals surface area contributed by atoms with Crippen molar-refractivity contribution in [2.75, 3.05) is 0 Å². The van der Waals surface area contributed by atoms with Crippen molar-refractivity contribution in [3.05, 3.63) is 0 Å². The lowest BCUT2D eigenvalue weighted by molar-refractivity contribution is -0.389. The zero-order valence-corrected chi connectivity index (χ0v) is 9.19. The minimum Gasteiger partial charge on any atom is -0.215 e. The third kappa shape index (κ3) is 2.41. The molecule has 1 unspecified atom stereocenters. The number of alkyl halides is 12. The first-order valence-electron chi connectivity index (χ1n) is 3.27. The summed E-state index contributed by atoms with van der Waals surface area (Å²) in [5.41, 5.74) is 0. The van der Waals surface area contributed by atoms with Crippen LogP contribution in [0.2, 0.25) is 0 Å². The van der Waals surface area contributed by atoms with Gasteiger partial charge in [0.2, 0.25) is 0 Å². The van der Waals surface area contributed by atoms with Crippen molar-refractivity contribution < 1.29 is 48.3 Å². The highest BCUT2D eigenvalue weighted by Crippen LogP contribution is 2.59.